The lowest BCUT2D eigenvalue weighted by Crippen LogP contribution is -2.16. The monoisotopic (exact) mass is 451 g/mol. The minimum Gasteiger partial charge on any atom is -0.340 e. The first-order valence-corrected chi connectivity index (χ1v) is 10.5. The Morgan fingerprint density at radius 3 is 2.68 bits per heavy atom. The summed E-state index contributed by atoms with van der Waals surface area (Å²) in [5.74, 6) is -0.192. The van der Waals surface area contributed by atoms with Crippen LogP contribution in [0.5, 0.6) is 0 Å². The van der Waals surface area contributed by atoms with Gasteiger partial charge in [0, 0.05) is 33.2 Å². The zero-order chi connectivity index (χ0) is 19.5. The standard InChI is InChI=1S/C22H18BrN3OS/c1-15-19(13-24-25-22(27)21-7-4-12-28-21)18-5-2-3-6-20(18)26(15)14-16-8-10-17(23)11-9-16/h2-13H,14H2,1H3,(H,25,27). The number of rotatable bonds is 5. The molecule has 1 N–H and O–H groups in total. The van der Waals surface area contributed by atoms with Gasteiger partial charge in [-0.05, 0) is 42.1 Å². The van der Waals surface area contributed by atoms with Crippen LogP contribution < -0.4 is 5.43 Å². The molecule has 140 valence electrons. The molecule has 1 amide bonds. The topological polar surface area (TPSA) is 46.4 Å². The third-order valence-corrected chi connectivity index (χ3v) is 6.04. The van der Waals surface area contributed by atoms with E-state index in [0.717, 1.165) is 33.2 Å². The molecule has 0 saturated carbocycles. The number of hydrogen-bond donors (Lipinski definition) is 1. The van der Waals surface area contributed by atoms with E-state index < -0.39 is 0 Å². The van der Waals surface area contributed by atoms with Crippen LogP contribution in [0.1, 0.15) is 26.5 Å². The Morgan fingerprint density at radius 1 is 1.14 bits per heavy atom. The number of thiophene rings is 1. The molecule has 2 aromatic carbocycles. The van der Waals surface area contributed by atoms with Crippen LogP contribution in [0.25, 0.3) is 10.9 Å². The van der Waals surface area contributed by atoms with E-state index in [1.165, 1.54) is 16.9 Å². The Morgan fingerprint density at radius 2 is 1.93 bits per heavy atom. The largest absolute Gasteiger partial charge is 0.340 e. The molecule has 0 spiro atoms. The van der Waals surface area contributed by atoms with Gasteiger partial charge in [-0.3, -0.25) is 4.79 Å². The molecule has 0 radical (unpaired) electrons. The number of fused-ring (bicyclic) bond motifs is 1. The van der Waals surface area contributed by atoms with Crippen molar-refractivity contribution in [2.24, 2.45) is 5.10 Å². The SMILES string of the molecule is Cc1c(C=NNC(=O)c2cccs2)c2ccccc2n1Cc1ccc(Br)cc1. The normalized spacial score (nSPS) is 11.4. The van der Waals surface area contributed by atoms with E-state index in [1.807, 2.05) is 23.6 Å². The summed E-state index contributed by atoms with van der Waals surface area (Å²) in [5.41, 5.74) is 7.11. The molecular weight excluding hydrogens is 434 g/mol. The van der Waals surface area contributed by atoms with Crippen LogP contribution in [-0.2, 0) is 6.54 Å². The number of nitrogens with zero attached hydrogens (tertiary/aromatic N) is 2. The van der Waals surface area contributed by atoms with Crippen molar-refractivity contribution >= 4 is 50.3 Å². The van der Waals surface area contributed by atoms with Crippen molar-refractivity contribution < 1.29 is 4.79 Å². The number of amides is 1. The van der Waals surface area contributed by atoms with Gasteiger partial charge in [0.1, 0.15) is 0 Å². The van der Waals surface area contributed by atoms with E-state index in [2.05, 4.69) is 74.3 Å². The highest BCUT2D eigenvalue weighted by atomic mass is 79.9. The van der Waals surface area contributed by atoms with Crippen LogP contribution in [0.15, 0.2) is 75.6 Å². The van der Waals surface area contributed by atoms with Crippen LogP contribution in [0.3, 0.4) is 0 Å². The summed E-state index contributed by atoms with van der Waals surface area (Å²) >= 11 is 4.88. The summed E-state index contributed by atoms with van der Waals surface area (Å²) in [7, 11) is 0. The third kappa shape index (κ3) is 3.79. The van der Waals surface area contributed by atoms with E-state index in [9.17, 15) is 4.79 Å². The van der Waals surface area contributed by atoms with Gasteiger partial charge in [0.25, 0.3) is 5.91 Å². The summed E-state index contributed by atoms with van der Waals surface area (Å²) in [6.07, 6.45) is 1.74. The lowest BCUT2D eigenvalue weighted by Gasteiger charge is -2.09. The Balaban J connectivity index is 1.65. The average Bonchev–Trinajstić information content (AvgIpc) is 3.33. The zero-order valence-electron chi connectivity index (χ0n) is 15.2. The van der Waals surface area contributed by atoms with Gasteiger partial charge >= 0.3 is 0 Å². The second-order valence-electron chi connectivity index (χ2n) is 6.41. The number of para-hydroxylation sites is 1. The van der Waals surface area contributed by atoms with Gasteiger partial charge in [-0.1, -0.05) is 52.3 Å². The van der Waals surface area contributed by atoms with Gasteiger partial charge in [0.2, 0.25) is 0 Å². The van der Waals surface area contributed by atoms with E-state index >= 15 is 0 Å². The number of carbonyl (C=O) groups excluding carboxylic acids is 1. The lowest BCUT2D eigenvalue weighted by molar-refractivity contribution is 0.0959. The van der Waals surface area contributed by atoms with E-state index in [4.69, 9.17) is 0 Å². The first-order valence-electron chi connectivity index (χ1n) is 8.82. The molecule has 4 aromatic rings. The Bertz CT molecular complexity index is 1140. The van der Waals surface area contributed by atoms with Gasteiger partial charge in [0.05, 0.1) is 11.1 Å². The summed E-state index contributed by atoms with van der Waals surface area (Å²) in [6.45, 7) is 2.86. The zero-order valence-corrected chi connectivity index (χ0v) is 17.6. The van der Waals surface area contributed by atoms with Crippen molar-refractivity contribution in [3.8, 4) is 0 Å². The fourth-order valence-corrected chi connectivity index (χ4v) is 4.09. The predicted octanol–water partition coefficient (Wildman–Crippen LogP) is 5.59. The van der Waals surface area contributed by atoms with Crippen LogP contribution in [0.4, 0.5) is 0 Å². The maximum Gasteiger partial charge on any atom is 0.281 e. The highest BCUT2D eigenvalue weighted by molar-refractivity contribution is 9.10. The van der Waals surface area contributed by atoms with Crippen LogP contribution in [0.2, 0.25) is 0 Å². The molecular formula is C22H18BrN3OS. The first-order chi connectivity index (χ1) is 13.6. The quantitative estimate of drug-likeness (QED) is 0.312. The van der Waals surface area contributed by atoms with E-state index in [1.54, 1.807) is 12.3 Å². The number of hydrazone groups is 1. The fraction of sp³-hybridized carbons (Fsp3) is 0.0909. The highest BCUT2D eigenvalue weighted by Crippen LogP contribution is 2.26. The second-order valence-corrected chi connectivity index (χ2v) is 8.27. The molecule has 4 rings (SSSR count). The van der Waals surface area contributed by atoms with Gasteiger partial charge in [-0.15, -0.1) is 11.3 Å². The highest BCUT2D eigenvalue weighted by Gasteiger charge is 2.13. The Kier molecular flexibility index (Phi) is 5.41. The number of halogens is 1. The van der Waals surface area contributed by atoms with Crippen molar-refractivity contribution in [2.45, 2.75) is 13.5 Å². The number of nitrogens with one attached hydrogen (secondary N) is 1. The summed E-state index contributed by atoms with van der Waals surface area (Å²) < 4.78 is 3.35. The van der Waals surface area contributed by atoms with Gasteiger partial charge in [-0.2, -0.15) is 5.10 Å². The summed E-state index contributed by atoms with van der Waals surface area (Å²) in [6, 6.07) is 20.2. The fourth-order valence-electron chi connectivity index (χ4n) is 3.22. The maximum absolute atomic E-state index is 12.1. The predicted molar refractivity (Wildman–Crippen MR) is 119 cm³/mol. The third-order valence-electron chi connectivity index (χ3n) is 4.64. The molecule has 0 saturated heterocycles. The molecule has 28 heavy (non-hydrogen) atoms. The number of aromatic nitrogens is 1. The van der Waals surface area contributed by atoms with Gasteiger partial charge in [-0.25, -0.2) is 5.43 Å². The molecule has 0 aliphatic heterocycles. The van der Waals surface area contributed by atoms with E-state index in [0.29, 0.717) is 4.88 Å². The molecule has 0 atom stereocenters. The Hall–Kier alpha value is -2.70. The molecule has 6 heteroatoms. The van der Waals surface area contributed by atoms with E-state index in [-0.39, 0.29) is 5.91 Å². The molecule has 0 aliphatic rings. The maximum atomic E-state index is 12.1. The van der Waals surface area contributed by atoms with Crippen LogP contribution in [-0.4, -0.2) is 16.7 Å². The van der Waals surface area contributed by atoms with Crippen molar-refractivity contribution in [1.29, 1.82) is 0 Å². The summed E-state index contributed by atoms with van der Waals surface area (Å²) in [5, 5.41) is 7.19. The van der Waals surface area contributed by atoms with Crippen molar-refractivity contribution in [2.75, 3.05) is 0 Å². The number of carbonyl (C=O) groups is 1. The van der Waals surface area contributed by atoms with Crippen molar-refractivity contribution in [1.82, 2.24) is 9.99 Å². The smallest absolute Gasteiger partial charge is 0.281 e. The van der Waals surface area contributed by atoms with Crippen molar-refractivity contribution in [3.05, 3.63) is 92.2 Å². The molecule has 0 unspecified atom stereocenters. The van der Waals surface area contributed by atoms with Crippen LogP contribution in [0, 0.1) is 6.92 Å². The minimum atomic E-state index is -0.192. The number of benzene rings is 2. The average molecular weight is 452 g/mol. The molecule has 2 heterocycles. The first kappa shape index (κ1) is 18.7. The lowest BCUT2D eigenvalue weighted by atomic mass is 10.1. The molecule has 0 fully saturated rings. The molecule has 2 aromatic heterocycles. The van der Waals surface area contributed by atoms with Gasteiger partial charge in [0.15, 0.2) is 0 Å². The second kappa shape index (κ2) is 8.12. The van der Waals surface area contributed by atoms with Crippen LogP contribution >= 0.6 is 27.3 Å². The van der Waals surface area contributed by atoms with Gasteiger partial charge < -0.3 is 4.57 Å². The minimum absolute atomic E-state index is 0.192. The number of hydrogen-bond acceptors (Lipinski definition) is 3. The summed E-state index contributed by atoms with van der Waals surface area (Å²) in [4.78, 5) is 12.7. The Labute approximate surface area is 175 Å². The molecule has 0 aliphatic carbocycles. The van der Waals surface area contributed by atoms with Crippen molar-refractivity contribution in [3.63, 3.8) is 0 Å². The molecule has 0 bridgehead atoms. The molecule has 4 nitrogen and oxygen atoms in total.